The molecule has 7 nitrogen and oxygen atoms in total. The van der Waals surface area contributed by atoms with Gasteiger partial charge in [0.25, 0.3) is 0 Å². The lowest BCUT2D eigenvalue weighted by molar-refractivity contribution is -0.136. The van der Waals surface area contributed by atoms with Crippen molar-refractivity contribution < 1.29 is 14.4 Å². The van der Waals surface area contributed by atoms with Crippen LogP contribution in [0.25, 0.3) is 10.9 Å². The van der Waals surface area contributed by atoms with Crippen molar-refractivity contribution >= 4 is 34.3 Å². The maximum Gasteiger partial charge on any atom is 0.313 e. The molecule has 0 fully saturated rings. The second-order valence-electron chi connectivity index (χ2n) is 4.57. The molecule has 3 N–H and O–H groups in total. The number of benzene rings is 1. The quantitative estimate of drug-likeness (QED) is 0.563. The molecule has 0 saturated carbocycles. The molecule has 0 aliphatic heterocycles. The van der Waals surface area contributed by atoms with E-state index >= 15 is 0 Å². The molecule has 7 heteroatoms. The van der Waals surface area contributed by atoms with Gasteiger partial charge in [0.2, 0.25) is 5.91 Å². The fraction of sp³-hybridized carbons (Fsp3) is 0.200. The summed E-state index contributed by atoms with van der Waals surface area (Å²) in [5.41, 5.74) is 1.09. The van der Waals surface area contributed by atoms with Crippen LogP contribution in [0.1, 0.15) is 6.92 Å². The highest BCUT2D eigenvalue weighted by Crippen LogP contribution is 2.20. The number of para-hydroxylation sites is 1. The second kappa shape index (κ2) is 7.16. The number of carbonyl (C=O) groups is 3. The first kappa shape index (κ1) is 15.4. The van der Waals surface area contributed by atoms with Crippen molar-refractivity contribution in [3.05, 3.63) is 36.5 Å². The van der Waals surface area contributed by atoms with E-state index in [-0.39, 0.29) is 19.0 Å². The van der Waals surface area contributed by atoms with Crippen LogP contribution in [0.5, 0.6) is 0 Å². The molecular formula is C15H16N4O3. The molecule has 0 saturated heterocycles. The fourth-order valence-corrected chi connectivity index (χ4v) is 1.88. The Labute approximate surface area is 127 Å². The Balaban J connectivity index is 1.96. The molecule has 0 aliphatic rings. The minimum Gasteiger partial charge on any atom is -0.355 e. The number of hydrogen-bond acceptors (Lipinski definition) is 4. The van der Waals surface area contributed by atoms with E-state index in [9.17, 15) is 14.4 Å². The number of aromatic nitrogens is 1. The minimum atomic E-state index is -0.777. The summed E-state index contributed by atoms with van der Waals surface area (Å²) in [6.07, 6.45) is 1.62. The average molecular weight is 300 g/mol. The SMILES string of the molecule is CC(=O)NCCNC(=O)C(=O)Nc1cccc2cccnc12. The maximum atomic E-state index is 11.8. The number of amides is 3. The molecule has 2 rings (SSSR count). The van der Waals surface area contributed by atoms with Crippen molar-refractivity contribution in [3.8, 4) is 0 Å². The van der Waals surface area contributed by atoms with Gasteiger partial charge >= 0.3 is 11.8 Å². The molecule has 1 heterocycles. The van der Waals surface area contributed by atoms with E-state index in [1.807, 2.05) is 12.1 Å². The molecule has 22 heavy (non-hydrogen) atoms. The Hall–Kier alpha value is -2.96. The monoisotopic (exact) mass is 300 g/mol. The number of rotatable bonds is 4. The zero-order valence-electron chi connectivity index (χ0n) is 12.1. The highest BCUT2D eigenvalue weighted by atomic mass is 16.2. The molecule has 0 spiro atoms. The van der Waals surface area contributed by atoms with Gasteiger partial charge in [-0.15, -0.1) is 0 Å². The van der Waals surface area contributed by atoms with E-state index in [4.69, 9.17) is 0 Å². The van der Waals surface area contributed by atoms with Crippen LogP contribution < -0.4 is 16.0 Å². The van der Waals surface area contributed by atoms with Crippen LogP contribution in [-0.2, 0) is 14.4 Å². The van der Waals surface area contributed by atoms with Gasteiger partial charge in [-0.1, -0.05) is 18.2 Å². The topological polar surface area (TPSA) is 100 Å². The molecule has 0 bridgehead atoms. The first-order valence-electron chi connectivity index (χ1n) is 6.75. The molecule has 2 aromatic rings. The van der Waals surface area contributed by atoms with Gasteiger partial charge in [0.05, 0.1) is 11.2 Å². The van der Waals surface area contributed by atoms with Crippen molar-refractivity contribution in [3.63, 3.8) is 0 Å². The van der Waals surface area contributed by atoms with Crippen LogP contribution in [0.4, 0.5) is 5.69 Å². The van der Waals surface area contributed by atoms with Gasteiger partial charge in [-0.2, -0.15) is 0 Å². The Morgan fingerprint density at radius 3 is 2.50 bits per heavy atom. The summed E-state index contributed by atoms with van der Waals surface area (Å²) in [7, 11) is 0. The Kier molecular flexibility index (Phi) is 5.02. The van der Waals surface area contributed by atoms with E-state index in [1.165, 1.54) is 6.92 Å². The molecule has 114 valence electrons. The van der Waals surface area contributed by atoms with Crippen LogP contribution >= 0.6 is 0 Å². The van der Waals surface area contributed by atoms with Crippen LogP contribution in [0.2, 0.25) is 0 Å². The fourth-order valence-electron chi connectivity index (χ4n) is 1.88. The molecule has 0 radical (unpaired) electrons. The van der Waals surface area contributed by atoms with E-state index in [2.05, 4.69) is 20.9 Å². The van der Waals surface area contributed by atoms with Gasteiger partial charge in [0, 0.05) is 31.6 Å². The predicted octanol–water partition coefficient (Wildman–Crippen LogP) is 0.426. The summed E-state index contributed by atoms with van der Waals surface area (Å²) >= 11 is 0. The second-order valence-corrected chi connectivity index (χ2v) is 4.57. The minimum absolute atomic E-state index is 0.180. The zero-order valence-corrected chi connectivity index (χ0v) is 12.1. The third kappa shape index (κ3) is 4.02. The van der Waals surface area contributed by atoms with Crippen LogP contribution in [0.3, 0.4) is 0 Å². The summed E-state index contributed by atoms with van der Waals surface area (Å²) in [4.78, 5) is 38.4. The number of fused-ring (bicyclic) bond motifs is 1. The smallest absolute Gasteiger partial charge is 0.313 e. The summed E-state index contributed by atoms with van der Waals surface area (Å²) in [5.74, 6) is -1.74. The largest absolute Gasteiger partial charge is 0.355 e. The Bertz CT molecular complexity index is 710. The van der Waals surface area contributed by atoms with Gasteiger partial charge in [-0.3, -0.25) is 19.4 Å². The lowest BCUT2D eigenvalue weighted by atomic mass is 10.2. The Morgan fingerprint density at radius 1 is 1.00 bits per heavy atom. The standard InChI is InChI=1S/C15H16N4O3/c1-10(20)16-8-9-18-14(21)15(22)19-12-6-2-4-11-5-3-7-17-13(11)12/h2-7H,8-9H2,1H3,(H,16,20)(H,18,21)(H,19,22). The van der Waals surface area contributed by atoms with Gasteiger partial charge in [0.15, 0.2) is 0 Å². The van der Waals surface area contributed by atoms with Crippen molar-refractivity contribution in [1.29, 1.82) is 0 Å². The molecule has 1 aromatic carbocycles. The van der Waals surface area contributed by atoms with Crippen molar-refractivity contribution in [1.82, 2.24) is 15.6 Å². The number of pyridine rings is 1. The van der Waals surface area contributed by atoms with Crippen molar-refractivity contribution in [2.45, 2.75) is 6.92 Å². The number of nitrogens with zero attached hydrogens (tertiary/aromatic N) is 1. The van der Waals surface area contributed by atoms with Crippen molar-refractivity contribution in [2.75, 3.05) is 18.4 Å². The maximum absolute atomic E-state index is 11.8. The molecule has 3 amide bonds. The summed E-state index contributed by atoms with van der Waals surface area (Å²) in [6.45, 7) is 1.83. The highest BCUT2D eigenvalue weighted by molar-refractivity contribution is 6.40. The number of hydrogen-bond donors (Lipinski definition) is 3. The van der Waals surface area contributed by atoms with Gasteiger partial charge < -0.3 is 16.0 Å². The summed E-state index contributed by atoms with van der Waals surface area (Å²) in [5, 5.41) is 8.34. The normalized spacial score (nSPS) is 10.0. The number of anilines is 1. The van der Waals surface area contributed by atoms with Gasteiger partial charge in [0.1, 0.15) is 0 Å². The summed E-state index contributed by atoms with van der Waals surface area (Å²) in [6, 6.07) is 8.98. The highest BCUT2D eigenvalue weighted by Gasteiger charge is 2.14. The number of carbonyl (C=O) groups excluding carboxylic acids is 3. The molecule has 0 aliphatic carbocycles. The first-order valence-corrected chi connectivity index (χ1v) is 6.75. The summed E-state index contributed by atoms with van der Waals surface area (Å²) < 4.78 is 0. The zero-order chi connectivity index (χ0) is 15.9. The Morgan fingerprint density at radius 2 is 1.73 bits per heavy atom. The molecular weight excluding hydrogens is 284 g/mol. The lowest BCUT2D eigenvalue weighted by Gasteiger charge is -2.08. The van der Waals surface area contributed by atoms with E-state index in [0.717, 1.165) is 5.39 Å². The first-order chi connectivity index (χ1) is 10.6. The van der Waals surface area contributed by atoms with E-state index in [0.29, 0.717) is 11.2 Å². The lowest BCUT2D eigenvalue weighted by Crippen LogP contribution is -2.39. The van der Waals surface area contributed by atoms with Crippen LogP contribution in [0, 0.1) is 0 Å². The average Bonchev–Trinajstić information content (AvgIpc) is 2.51. The van der Waals surface area contributed by atoms with Crippen LogP contribution in [0.15, 0.2) is 36.5 Å². The van der Waals surface area contributed by atoms with Gasteiger partial charge in [-0.25, -0.2) is 0 Å². The predicted molar refractivity (Wildman–Crippen MR) is 82.1 cm³/mol. The molecule has 1 aromatic heterocycles. The molecule has 0 atom stereocenters. The van der Waals surface area contributed by atoms with E-state index in [1.54, 1.807) is 24.4 Å². The van der Waals surface area contributed by atoms with Crippen molar-refractivity contribution in [2.24, 2.45) is 0 Å². The van der Waals surface area contributed by atoms with Crippen LogP contribution in [-0.4, -0.2) is 35.8 Å². The number of nitrogens with one attached hydrogen (secondary N) is 3. The molecule has 0 unspecified atom stereocenters. The van der Waals surface area contributed by atoms with Gasteiger partial charge in [-0.05, 0) is 12.1 Å². The van der Waals surface area contributed by atoms with E-state index < -0.39 is 11.8 Å². The third-order valence-corrected chi connectivity index (χ3v) is 2.87. The third-order valence-electron chi connectivity index (χ3n) is 2.87.